The Hall–Kier alpha value is -1.18. The van der Waals surface area contributed by atoms with Gasteiger partial charge in [-0.2, -0.15) is 0 Å². The number of aliphatic imine (C=N–C) groups is 1. The van der Waals surface area contributed by atoms with Crippen LogP contribution in [0.25, 0.3) is 0 Å². The van der Waals surface area contributed by atoms with Crippen LogP contribution in [0.1, 0.15) is 24.8 Å². The fourth-order valence-electron chi connectivity index (χ4n) is 1.58. The van der Waals surface area contributed by atoms with Gasteiger partial charge >= 0.3 is 0 Å². The van der Waals surface area contributed by atoms with Gasteiger partial charge in [-0.15, -0.1) is 0 Å². The molecule has 0 amide bonds. The second-order valence-corrected chi connectivity index (χ2v) is 3.29. The van der Waals surface area contributed by atoms with Crippen LogP contribution in [-0.4, -0.2) is 12.3 Å². The molecule has 0 spiro atoms. The van der Waals surface area contributed by atoms with Gasteiger partial charge in [0.25, 0.3) is 0 Å². The lowest BCUT2D eigenvalue weighted by Crippen LogP contribution is -2.07. The van der Waals surface area contributed by atoms with E-state index in [1.54, 1.807) is 12.1 Å². The number of halogens is 1. The maximum Gasteiger partial charge on any atom is 0.123 e. The van der Waals surface area contributed by atoms with Crippen LogP contribution in [-0.2, 0) is 0 Å². The maximum atomic E-state index is 12.6. The van der Waals surface area contributed by atoms with E-state index in [0.29, 0.717) is 0 Å². The van der Waals surface area contributed by atoms with Crippen molar-refractivity contribution in [1.82, 2.24) is 0 Å². The standard InChI is InChI=1S/C11H12FN/c12-10-6-4-9(5-7-10)11-3-1-2-8-13-11/h4-7H,1-3,8H2. The van der Waals surface area contributed by atoms with Crippen LogP contribution in [0, 0.1) is 5.82 Å². The van der Waals surface area contributed by atoms with Crippen molar-refractivity contribution in [1.29, 1.82) is 0 Å². The summed E-state index contributed by atoms with van der Waals surface area (Å²) in [5.74, 6) is -0.180. The molecule has 0 radical (unpaired) electrons. The monoisotopic (exact) mass is 177 g/mol. The van der Waals surface area contributed by atoms with Gasteiger partial charge in [0.05, 0.1) is 0 Å². The third-order valence-corrected chi connectivity index (χ3v) is 2.30. The Morgan fingerprint density at radius 1 is 1.08 bits per heavy atom. The van der Waals surface area contributed by atoms with Crippen LogP contribution in [0.5, 0.6) is 0 Å². The first-order valence-electron chi connectivity index (χ1n) is 4.65. The van der Waals surface area contributed by atoms with Crippen LogP contribution >= 0.6 is 0 Å². The number of benzene rings is 1. The average molecular weight is 177 g/mol. The van der Waals surface area contributed by atoms with E-state index in [0.717, 1.165) is 24.2 Å². The van der Waals surface area contributed by atoms with Crippen molar-refractivity contribution in [3.63, 3.8) is 0 Å². The van der Waals surface area contributed by atoms with Gasteiger partial charge in [0.15, 0.2) is 0 Å². The largest absolute Gasteiger partial charge is 0.289 e. The molecule has 2 heteroatoms. The molecule has 0 unspecified atom stereocenters. The molecular formula is C11H12FN. The topological polar surface area (TPSA) is 12.4 Å². The molecule has 0 atom stereocenters. The summed E-state index contributed by atoms with van der Waals surface area (Å²) in [5, 5.41) is 0. The lowest BCUT2D eigenvalue weighted by Gasteiger charge is -2.11. The molecule has 1 aromatic carbocycles. The number of hydrogen-bond acceptors (Lipinski definition) is 1. The third-order valence-electron chi connectivity index (χ3n) is 2.30. The minimum atomic E-state index is -0.180. The highest BCUT2D eigenvalue weighted by Gasteiger charge is 2.06. The molecule has 1 aromatic rings. The molecule has 1 nitrogen and oxygen atoms in total. The van der Waals surface area contributed by atoms with Gasteiger partial charge in [-0.25, -0.2) is 4.39 Å². The van der Waals surface area contributed by atoms with Gasteiger partial charge in [0.2, 0.25) is 0 Å². The first-order valence-corrected chi connectivity index (χ1v) is 4.65. The van der Waals surface area contributed by atoms with Gasteiger partial charge in [-0.1, -0.05) is 12.1 Å². The normalized spacial score (nSPS) is 16.8. The maximum absolute atomic E-state index is 12.6. The van der Waals surface area contributed by atoms with E-state index in [2.05, 4.69) is 4.99 Å². The average Bonchev–Trinajstić information content (AvgIpc) is 2.20. The summed E-state index contributed by atoms with van der Waals surface area (Å²) in [5.41, 5.74) is 2.20. The van der Waals surface area contributed by atoms with Gasteiger partial charge in [0.1, 0.15) is 5.82 Å². The quantitative estimate of drug-likeness (QED) is 0.625. The molecule has 1 aliphatic rings. The van der Waals surface area contributed by atoms with Crippen molar-refractivity contribution in [2.24, 2.45) is 4.99 Å². The Labute approximate surface area is 77.3 Å². The van der Waals surface area contributed by atoms with E-state index >= 15 is 0 Å². The van der Waals surface area contributed by atoms with E-state index in [1.165, 1.54) is 25.0 Å². The molecule has 2 rings (SSSR count). The number of rotatable bonds is 1. The molecule has 0 saturated carbocycles. The molecular weight excluding hydrogens is 165 g/mol. The highest BCUT2D eigenvalue weighted by atomic mass is 19.1. The van der Waals surface area contributed by atoms with Crippen molar-refractivity contribution in [2.45, 2.75) is 19.3 Å². The van der Waals surface area contributed by atoms with E-state index < -0.39 is 0 Å². The van der Waals surface area contributed by atoms with Crippen molar-refractivity contribution >= 4 is 5.71 Å². The van der Waals surface area contributed by atoms with Crippen LogP contribution in [0.4, 0.5) is 4.39 Å². The molecule has 0 saturated heterocycles. The minimum Gasteiger partial charge on any atom is -0.289 e. The van der Waals surface area contributed by atoms with Crippen molar-refractivity contribution in [2.75, 3.05) is 6.54 Å². The lowest BCUT2D eigenvalue weighted by molar-refractivity contribution is 0.627. The number of nitrogens with zero attached hydrogens (tertiary/aromatic N) is 1. The fraction of sp³-hybridized carbons (Fsp3) is 0.364. The third kappa shape index (κ3) is 1.94. The fourth-order valence-corrected chi connectivity index (χ4v) is 1.58. The summed E-state index contributed by atoms with van der Waals surface area (Å²) in [7, 11) is 0. The molecule has 0 N–H and O–H groups in total. The van der Waals surface area contributed by atoms with Gasteiger partial charge in [-0.05, 0) is 37.0 Å². The zero-order valence-corrected chi connectivity index (χ0v) is 7.46. The van der Waals surface area contributed by atoms with Crippen molar-refractivity contribution in [3.05, 3.63) is 35.6 Å². The summed E-state index contributed by atoms with van der Waals surface area (Å²) < 4.78 is 12.6. The predicted molar refractivity (Wildman–Crippen MR) is 51.7 cm³/mol. The van der Waals surface area contributed by atoms with Crippen molar-refractivity contribution in [3.8, 4) is 0 Å². The molecule has 0 aromatic heterocycles. The smallest absolute Gasteiger partial charge is 0.123 e. The molecule has 68 valence electrons. The summed E-state index contributed by atoms with van der Waals surface area (Å²) in [6.45, 7) is 0.923. The van der Waals surface area contributed by atoms with Gasteiger partial charge in [-0.3, -0.25) is 4.99 Å². The summed E-state index contributed by atoms with van der Waals surface area (Å²) >= 11 is 0. The van der Waals surface area contributed by atoms with Crippen LogP contribution < -0.4 is 0 Å². The first kappa shape index (κ1) is 8.42. The molecule has 0 fully saturated rings. The molecule has 13 heavy (non-hydrogen) atoms. The van der Waals surface area contributed by atoms with Gasteiger partial charge in [0, 0.05) is 12.3 Å². The highest BCUT2D eigenvalue weighted by molar-refractivity contribution is 6.00. The lowest BCUT2D eigenvalue weighted by atomic mass is 10.0. The van der Waals surface area contributed by atoms with Crippen LogP contribution in [0.2, 0.25) is 0 Å². The molecule has 1 heterocycles. The molecule has 1 aliphatic heterocycles. The van der Waals surface area contributed by atoms with Gasteiger partial charge < -0.3 is 0 Å². The van der Waals surface area contributed by atoms with Crippen molar-refractivity contribution < 1.29 is 4.39 Å². The summed E-state index contributed by atoms with van der Waals surface area (Å²) in [6, 6.07) is 6.60. The van der Waals surface area contributed by atoms with Crippen LogP contribution in [0.3, 0.4) is 0 Å². The minimum absolute atomic E-state index is 0.180. The Kier molecular flexibility index (Phi) is 2.39. The zero-order chi connectivity index (χ0) is 9.10. The van der Waals surface area contributed by atoms with Crippen LogP contribution in [0.15, 0.2) is 29.3 Å². The van der Waals surface area contributed by atoms with E-state index in [1.807, 2.05) is 0 Å². The summed E-state index contributed by atoms with van der Waals surface area (Å²) in [6.07, 6.45) is 3.42. The highest BCUT2D eigenvalue weighted by Crippen LogP contribution is 2.13. The van der Waals surface area contributed by atoms with E-state index in [-0.39, 0.29) is 5.82 Å². The molecule has 0 bridgehead atoms. The molecule has 0 aliphatic carbocycles. The van der Waals surface area contributed by atoms with E-state index in [4.69, 9.17) is 0 Å². The SMILES string of the molecule is Fc1ccc(C2=NCCCC2)cc1. The first-order chi connectivity index (χ1) is 6.36. The Bertz CT molecular complexity index is 313. The number of hydrogen-bond donors (Lipinski definition) is 0. The Balaban J connectivity index is 2.24. The zero-order valence-electron chi connectivity index (χ0n) is 7.46. The Morgan fingerprint density at radius 2 is 1.85 bits per heavy atom. The Morgan fingerprint density at radius 3 is 2.46 bits per heavy atom. The van der Waals surface area contributed by atoms with E-state index in [9.17, 15) is 4.39 Å². The summed E-state index contributed by atoms with van der Waals surface area (Å²) in [4.78, 5) is 4.42. The second kappa shape index (κ2) is 3.69. The second-order valence-electron chi connectivity index (χ2n) is 3.29. The predicted octanol–water partition coefficient (Wildman–Crippen LogP) is 2.80.